The first kappa shape index (κ1) is 18.0. The third-order valence-electron chi connectivity index (χ3n) is 3.10. The van der Waals surface area contributed by atoms with Crippen LogP contribution in [0.1, 0.15) is 11.1 Å². The third kappa shape index (κ3) is 6.44. The van der Waals surface area contributed by atoms with Crippen molar-refractivity contribution in [3.05, 3.63) is 71.8 Å². The molecule has 0 radical (unpaired) electrons. The van der Waals surface area contributed by atoms with E-state index in [-0.39, 0.29) is 6.61 Å². The molecule has 0 saturated heterocycles. The molecule has 0 aliphatic heterocycles. The zero-order chi connectivity index (χ0) is 17.2. The standard InChI is InChI=1S/C18H19NO4S/c19-16(13-24-12-15-9-5-2-6-10-15)17(20)23-18(21)22-11-14-7-3-1-4-8-14/h1-10,16H,11-13,19H2/t16-/m0/s1. The highest BCUT2D eigenvalue weighted by Gasteiger charge is 2.19. The van der Waals surface area contributed by atoms with Gasteiger partial charge in [-0.2, -0.15) is 11.8 Å². The lowest BCUT2D eigenvalue weighted by Gasteiger charge is -2.10. The van der Waals surface area contributed by atoms with Gasteiger partial charge >= 0.3 is 12.1 Å². The normalized spacial score (nSPS) is 11.5. The number of carbonyl (C=O) groups is 2. The van der Waals surface area contributed by atoms with Crippen molar-refractivity contribution < 1.29 is 19.1 Å². The zero-order valence-electron chi connectivity index (χ0n) is 13.1. The number of carbonyl (C=O) groups excluding carboxylic acids is 2. The summed E-state index contributed by atoms with van der Waals surface area (Å²) < 4.78 is 9.48. The van der Waals surface area contributed by atoms with Gasteiger partial charge in [-0.15, -0.1) is 0 Å². The quantitative estimate of drug-likeness (QED) is 0.613. The smallest absolute Gasteiger partial charge is 0.429 e. The van der Waals surface area contributed by atoms with Crippen LogP contribution in [0.15, 0.2) is 60.7 Å². The van der Waals surface area contributed by atoms with Crippen molar-refractivity contribution in [1.82, 2.24) is 0 Å². The van der Waals surface area contributed by atoms with Gasteiger partial charge in [0.15, 0.2) is 0 Å². The van der Waals surface area contributed by atoms with Gasteiger partial charge in [0.2, 0.25) is 0 Å². The molecule has 0 aromatic heterocycles. The summed E-state index contributed by atoms with van der Waals surface area (Å²) in [5.41, 5.74) is 7.69. The summed E-state index contributed by atoms with van der Waals surface area (Å²) in [7, 11) is 0. The zero-order valence-corrected chi connectivity index (χ0v) is 13.9. The molecule has 0 unspecified atom stereocenters. The summed E-state index contributed by atoms with van der Waals surface area (Å²) in [6.45, 7) is 0.0466. The van der Waals surface area contributed by atoms with E-state index >= 15 is 0 Å². The van der Waals surface area contributed by atoms with Gasteiger partial charge in [-0.1, -0.05) is 60.7 Å². The van der Waals surface area contributed by atoms with Crippen molar-refractivity contribution in [1.29, 1.82) is 0 Å². The highest BCUT2D eigenvalue weighted by atomic mass is 32.2. The first-order chi connectivity index (χ1) is 11.6. The molecule has 0 aliphatic rings. The minimum absolute atomic E-state index is 0.0466. The maximum absolute atomic E-state index is 11.7. The second-order valence-electron chi connectivity index (χ2n) is 5.05. The monoisotopic (exact) mass is 345 g/mol. The lowest BCUT2D eigenvalue weighted by atomic mass is 10.2. The SMILES string of the molecule is N[C@@H](CSCc1ccccc1)C(=O)OC(=O)OCc1ccccc1. The molecule has 2 aromatic carbocycles. The van der Waals surface area contributed by atoms with Crippen LogP contribution < -0.4 is 5.73 Å². The molecule has 0 heterocycles. The molecule has 1 atom stereocenters. The van der Waals surface area contributed by atoms with E-state index in [4.69, 9.17) is 10.5 Å². The predicted octanol–water partition coefficient (Wildman–Crippen LogP) is 3.13. The van der Waals surface area contributed by atoms with E-state index in [0.29, 0.717) is 5.75 Å². The van der Waals surface area contributed by atoms with Gasteiger partial charge in [0, 0.05) is 11.5 Å². The van der Waals surface area contributed by atoms with E-state index in [9.17, 15) is 9.59 Å². The maximum atomic E-state index is 11.7. The molecule has 0 spiro atoms. The first-order valence-corrected chi connectivity index (χ1v) is 8.60. The van der Waals surface area contributed by atoms with Gasteiger partial charge in [-0.3, -0.25) is 0 Å². The van der Waals surface area contributed by atoms with Gasteiger partial charge in [-0.25, -0.2) is 9.59 Å². The highest BCUT2D eigenvalue weighted by molar-refractivity contribution is 7.98. The first-order valence-electron chi connectivity index (χ1n) is 7.45. The van der Waals surface area contributed by atoms with Gasteiger partial charge in [0.1, 0.15) is 12.6 Å². The molecule has 0 saturated carbocycles. The molecule has 24 heavy (non-hydrogen) atoms. The molecule has 5 nitrogen and oxygen atoms in total. The summed E-state index contributed by atoms with van der Waals surface area (Å²) in [6.07, 6.45) is -1.03. The number of esters is 1. The van der Waals surface area contributed by atoms with Crippen LogP contribution in [0.25, 0.3) is 0 Å². The Morgan fingerprint density at radius 2 is 1.54 bits per heavy atom. The predicted molar refractivity (Wildman–Crippen MR) is 93.3 cm³/mol. The number of rotatable bonds is 7. The van der Waals surface area contributed by atoms with Crippen molar-refractivity contribution in [2.45, 2.75) is 18.4 Å². The van der Waals surface area contributed by atoms with Crippen LogP contribution in [0.2, 0.25) is 0 Å². The third-order valence-corrected chi connectivity index (χ3v) is 4.23. The minimum Gasteiger partial charge on any atom is -0.429 e. The van der Waals surface area contributed by atoms with Gasteiger partial charge in [0.25, 0.3) is 0 Å². The fourth-order valence-corrected chi connectivity index (χ4v) is 2.79. The number of nitrogens with two attached hydrogens (primary N) is 1. The lowest BCUT2D eigenvalue weighted by Crippen LogP contribution is -2.36. The van der Waals surface area contributed by atoms with Crippen molar-refractivity contribution in [2.75, 3.05) is 5.75 Å². The van der Waals surface area contributed by atoms with E-state index < -0.39 is 18.2 Å². The number of hydrogen-bond donors (Lipinski definition) is 1. The van der Waals surface area contributed by atoms with E-state index in [1.165, 1.54) is 11.8 Å². The van der Waals surface area contributed by atoms with Crippen LogP contribution in [0, 0.1) is 0 Å². The molecule has 0 amide bonds. The number of thioether (sulfide) groups is 1. The van der Waals surface area contributed by atoms with Crippen LogP contribution in [-0.2, 0) is 26.6 Å². The van der Waals surface area contributed by atoms with Crippen LogP contribution >= 0.6 is 11.8 Å². The Morgan fingerprint density at radius 1 is 0.958 bits per heavy atom. The maximum Gasteiger partial charge on any atom is 0.516 e. The average Bonchev–Trinajstić information content (AvgIpc) is 2.61. The van der Waals surface area contributed by atoms with Crippen LogP contribution in [-0.4, -0.2) is 23.9 Å². The Hall–Kier alpha value is -2.31. The van der Waals surface area contributed by atoms with Crippen molar-refractivity contribution in [3.63, 3.8) is 0 Å². The molecule has 2 N–H and O–H groups in total. The van der Waals surface area contributed by atoms with Gasteiger partial charge < -0.3 is 15.2 Å². The molecule has 0 aliphatic carbocycles. The summed E-state index contributed by atoms with van der Waals surface area (Å²) in [5.74, 6) is 0.314. The Morgan fingerprint density at radius 3 is 2.17 bits per heavy atom. The molecule has 6 heteroatoms. The molecule has 126 valence electrons. The van der Waals surface area contributed by atoms with Crippen molar-refractivity contribution in [2.24, 2.45) is 5.73 Å². The van der Waals surface area contributed by atoms with Crippen LogP contribution in [0.3, 0.4) is 0 Å². The molecule has 2 rings (SSSR count). The van der Waals surface area contributed by atoms with Gasteiger partial charge in [-0.05, 0) is 11.1 Å². The number of ether oxygens (including phenoxy) is 2. The number of hydrogen-bond acceptors (Lipinski definition) is 6. The largest absolute Gasteiger partial charge is 0.516 e. The second kappa shape index (κ2) is 9.75. The van der Waals surface area contributed by atoms with E-state index in [0.717, 1.165) is 16.9 Å². The minimum atomic E-state index is -1.03. The molecule has 2 aromatic rings. The summed E-state index contributed by atoms with van der Waals surface area (Å²) in [6, 6.07) is 18.1. The van der Waals surface area contributed by atoms with E-state index in [2.05, 4.69) is 4.74 Å². The van der Waals surface area contributed by atoms with Gasteiger partial charge in [0.05, 0.1) is 0 Å². The summed E-state index contributed by atoms with van der Waals surface area (Å²) in [5, 5.41) is 0. The molecule has 0 fully saturated rings. The molecular formula is C18H19NO4S. The summed E-state index contributed by atoms with van der Waals surface area (Å²) in [4.78, 5) is 23.2. The highest BCUT2D eigenvalue weighted by Crippen LogP contribution is 2.12. The lowest BCUT2D eigenvalue weighted by molar-refractivity contribution is -0.140. The fraction of sp³-hybridized carbons (Fsp3) is 0.222. The van der Waals surface area contributed by atoms with Crippen LogP contribution in [0.4, 0.5) is 4.79 Å². The fourth-order valence-electron chi connectivity index (χ4n) is 1.85. The second-order valence-corrected chi connectivity index (χ2v) is 6.08. The Labute approximate surface area is 145 Å². The van der Waals surface area contributed by atoms with E-state index in [1.54, 1.807) is 12.1 Å². The Bertz CT molecular complexity index is 649. The Kier molecular flexibility index (Phi) is 7.32. The topological polar surface area (TPSA) is 78.6 Å². The van der Waals surface area contributed by atoms with Crippen molar-refractivity contribution in [3.8, 4) is 0 Å². The molecule has 0 bridgehead atoms. The summed E-state index contributed by atoms with van der Waals surface area (Å²) >= 11 is 1.50. The molecular weight excluding hydrogens is 326 g/mol. The average molecular weight is 345 g/mol. The van der Waals surface area contributed by atoms with Crippen molar-refractivity contribution >= 4 is 23.9 Å². The Balaban J connectivity index is 1.66. The van der Waals surface area contributed by atoms with E-state index in [1.807, 2.05) is 48.5 Å². The van der Waals surface area contributed by atoms with Crippen LogP contribution in [0.5, 0.6) is 0 Å². The number of benzene rings is 2.